The van der Waals surface area contributed by atoms with Crippen LogP contribution < -0.4 is 0 Å². The normalized spacial score (nSPS) is 14.2. The van der Waals surface area contributed by atoms with Gasteiger partial charge in [0.25, 0.3) is 11.9 Å². The molecule has 0 atom stereocenters. The molecule has 0 aliphatic carbocycles. The number of carboxylic acids is 2. The summed E-state index contributed by atoms with van der Waals surface area (Å²) >= 11 is 0. The van der Waals surface area contributed by atoms with E-state index in [2.05, 4.69) is 62.0 Å². The highest BCUT2D eigenvalue weighted by molar-refractivity contribution is 5.86. The molecule has 40 heavy (non-hydrogen) atoms. The van der Waals surface area contributed by atoms with Crippen molar-refractivity contribution in [2.75, 3.05) is 20.2 Å². The Kier molecular flexibility index (Phi) is 10.4. The highest BCUT2D eigenvalue weighted by atomic mass is 16.5. The third-order valence-corrected chi connectivity index (χ3v) is 6.38. The monoisotopic (exact) mass is 547 g/mol. The van der Waals surface area contributed by atoms with Crippen LogP contribution in [-0.4, -0.2) is 72.6 Å². The van der Waals surface area contributed by atoms with Crippen LogP contribution in [-0.2, 0) is 26.3 Å². The lowest BCUT2D eigenvalue weighted by molar-refractivity contribution is -0.135. The van der Waals surface area contributed by atoms with Crippen LogP contribution in [0.15, 0.2) is 73.3 Å². The van der Waals surface area contributed by atoms with Crippen molar-refractivity contribution in [3.63, 3.8) is 0 Å². The van der Waals surface area contributed by atoms with Crippen LogP contribution in [0.2, 0.25) is 0 Å². The van der Waals surface area contributed by atoms with Gasteiger partial charge in [-0.2, -0.15) is 0 Å². The molecule has 0 radical (unpaired) electrons. The molecule has 5 rings (SSSR count). The maximum atomic E-state index is 11.6. The first-order chi connectivity index (χ1) is 19.1. The first kappa shape index (κ1) is 29.9. The number of methoxy groups -OCH3 is 1. The molecule has 0 saturated carbocycles. The fourth-order valence-corrected chi connectivity index (χ4v) is 4.58. The van der Waals surface area contributed by atoms with E-state index < -0.39 is 17.9 Å². The van der Waals surface area contributed by atoms with E-state index in [-0.39, 0.29) is 11.1 Å². The smallest absolute Gasteiger partial charge is 0.358 e. The molecule has 210 valence electrons. The number of carboxylic acid groups (broad SMARTS) is 2. The number of aromatic nitrogens is 4. The number of ether oxygens (including phenoxy) is 1. The molecule has 4 heterocycles. The Morgan fingerprint density at radius 1 is 0.925 bits per heavy atom. The van der Waals surface area contributed by atoms with E-state index in [4.69, 9.17) is 29.5 Å². The molecule has 0 unspecified atom stereocenters. The van der Waals surface area contributed by atoms with E-state index in [1.807, 2.05) is 18.2 Å². The second-order valence-electron chi connectivity index (χ2n) is 9.24. The number of imidazole rings is 1. The van der Waals surface area contributed by atoms with E-state index in [1.165, 1.54) is 18.9 Å². The molecule has 1 fully saturated rings. The molecule has 3 aromatic heterocycles. The van der Waals surface area contributed by atoms with Gasteiger partial charge in [-0.3, -0.25) is 19.5 Å². The molecule has 1 saturated heterocycles. The average molecular weight is 548 g/mol. The van der Waals surface area contributed by atoms with Gasteiger partial charge < -0.3 is 19.4 Å². The first-order valence-corrected chi connectivity index (χ1v) is 12.6. The highest BCUT2D eigenvalue weighted by Gasteiger charge is 2.40. The summed E-state index contributed by atoms with van der Waals surface area (Å²) in [5.74, 6) is -2.14. The Morgan fingerprint density at radius 3 is 2.10 bits per heavy atom. The lowest BCUT2D eigenvalue weighted by atomic mass is 9.70. The average Bonchev–Trinajstić information content (AvgIpc) is 3.38. The van der Waals surface area contributed by atoms with Crippen LogP contribution in [0.3, 0.4) is 0 Å². The van der Waals surface area contributed by atoms with Crippen molar-refractivity contribution in [1.82, 2.24) is 24.3 Å². The molecule has 1 aliphatic rings. The lowest BCUT2D eigenvalue weighted by Crippen LogP contribution is -2.43. The molecule has 1 aliphatic heterocycles. The van der Waals surface area contributed by atoms with Crippen LogP contribution >= 0.6 is 0 Å². The Labute approximate surface area is 232 Å². The SMILES string of the molecule is CC(=O)O.CC(=O)O.COC(=O)c1cnc(CN2CCC(c3ccccc3)(c3cn4ccccc4n3)CC2)cn1. The zero-order valence-corrected chi connectivity index (χ0v) is 22.7. The molecular formula is C29H33N5O6. The maximum absolute atomic E-state index is 11.6. The molecule has 11 nitrogen and oxygen atoms in total. The zero-order valence-electron chi connectivity index (χ0n) is 22.7. The topological polar surface area (TPSA) is 147 Å². The number of fused-ring (bicyclic) bond motifs is 1. The van der Waals surface area contributed by atoms with Gasteiger partial charge in [0.1, 0.15) is 5.65 Å². The minimum absolute atomic E-state index is 0.121. The summed E-state index contributed by atoms with van der Waals surface area (Å²) in [7, 11) is 1.34. The Hall–Kier alpha value is -4.64. The van der Waals surface area contributed by atoms with Gasteiger partial charge in [0.05, 0.1) is 30.9 Å². The predicted molar refractivity (Wildman–Crippen MR) is 147 cm³/mol. The molecule has 0 spiro atoms. The number of likely N-dealkylation sites (tertiary alicyclic amines) is 1. The number of carbonyl (C=O) groups is 3. The van der Waals surface area contributed by atoms with Gasteiger partial charge in [-0.05, 0) is 43.6 Å². The number of pyridine rings is 1. The predicted octanol–water partition coefficient (Wildman–Crippen LogP) is 3.67. The van der Waals surface area contributed by atoms with Crippen molar-refractivity contribution < 1.29 is 29.3 Å². The van der Waals surface area contributed by atoms with Gasteiger partial charge in [0.2, 0.25) is 0 Å². The maximum Gasteiger partial charge on any atom is 0.358 e. The quantitative estimate of drug-likeness (QED) is 0.355. The van der Waals surface area contributed by atoms with Gasteiger partial charge in [0.15, 0.2) is 5.69 Å². The molecule has 0 bridgehead atoms. The van der Waals surface area contributed by atoms with E-state index in [1.54, 1.807) is 6.20 Å². The number of rotatable bonds is 5. The van der Waals surface area contributed by atoms with Crippen LogP contribution in [0, 0.1) is 0 Å². The summed E-state index contributed by atoms with van der Waals surface area (Å²) < 4.78 is 6.80. The van der Waals surface area contributed by atoms with Gasteiger partial charge in [-0.1, -0.05) is 36.4 Å². The second-order valence-corrected chi connectivity index (χ2v) is 9.24. The molecule has 11 heteroatoms. The van der Waals surface area contributed by atoms with Gasteiger partial charge >= 0.3 is 5.97 Å². The molecule has 1 aromatic carbocycles. The number of aliphatic carboxylic acids is 2. The summed E-state index contributed by atoms with van der Waals surface area (Å²) in [6.07, 6.45) is 9.30. The van der Waals surface area contributed by atoms with Crippen LogP contribution in [0.25, 0.3) is 5.65 Å². The summed E-state index contributed by atoms with van der Waals surface area (Å²) in [6.45, 7) is 4.71. The van der Waals surface area contributed by atoms with Crippen LogP contribution in [0.4, 0.5) is 0 Å². The van der Waals surface area contributed by atoms with Crippen molar-refractivity contribution in [3.8, 4) is 0 Å². The minimum Gasteiger partial charge on any atom is -0.481 e. The first-order valence-electron chi connectivity index (χ1n) is 12.6. The zero-order chi connectivity index (χ0) is 29.1. The van der Waals surface area contributed by atoms with Crippen molar-refractivity contribution >= 4 is 23.6 Å². The number of benzene rings is 1. The number of hydrogen-bond acceptors (Lipinski definition) is 8. The molecule has 0 amide bonds. The fraction of sp³-hybridized carbons (Fsp3) is 0.310. The second kappa shape index (κ2) is 13.9. The third-order valence-electron chi connectivity index (χ3n) is 6.38. The largest absolute Gasteiger partial charge is 0.481 e. The molecule has 2 N–H and O–H groups in total. The Morgan fingerprint density at radius 2 is 1.55 bits per heavy atom. The Bertz CT molecular complexity index is 1360. The number of piperidine rings is 1. The summed E-state index contributed by atoms with van der Waals surface area (Å²) in [4.78, 5) is 45.6. The van der Waals surface area contributed by atoms with Gasteiger partial charge in [-0.25, -0.2) is 14.8 Å². The Balaban J connectivity index is 0.000000490. The van der Waals surface area contributed by atoms with Gasteiger partial charge in [0, 0.05) is 38.2 Å². The van der Waals surface area contributed by atoms with Crippen molar-refractivity contribution in [1.29, 1.82) is 0 Å². The number of esters is 1. The van der Waals surface area contributed by atoms with E-state index >= 15 is 0 Å². The molecular weight excluding hydrogens is 514 g/mol. The van der Waals surface area contributed by atoms with Gasteiger partial charge in [-0.15, -0.1) is 0 Å². The number of nitrogens with zero attached hydrogens (tertiary/aromatic N) is 5. The summed E-state index contributed by atoms with van der Waals surface area (Å²) in [5, 5.41) is 14.8. The molecule has 4 aromatic rings. The standard InChI is InChI=1S/C25H25N5O2.2C2H4O2/c1-32-24(31)21-16-26-20(15-27-21)17-29-13-10-25(11-14-29,19-7-3-2-4-8-19)22-18-30-12-6-5-9-23(30)28-22;2*1-2(3)4/h2-9,12,15-16,18H,10-11,13-14,17H2,1H3;2*1H3,(H,3,4). The van der Waals surface area contributed by atoms with Crippen LogP contribution in [0.1, 0.15) is 54.1 Å². The van der Waals surface area contributed by atoms with Crippen molar-refractivity contribution in [3.05, 3.63) is 96.0 Å². The number of hydrogen-bond donors (Lipinski definition) is 2. The third kappa shape index (κ3) is 7.93. The summed E-state index contributed by atoms with van der Waals surface area (Å²) in [6, 6.07) is 16.8. The number of carbonyl (C=O) groups excluding carboxylic acids is 1. The van der Waals surface area contributed by atoms with Crippen LogP contribution in [0.5, 0.6) is 0 Å². The highest BCUT2D eigenvalue weighted by Crippen LogP contribution is 2.41. The fourth-order valence-electron chi connectivity index (χ4n) is 4.58. The van der Waals surface area contributed by atoms with Crippen molar-refractivity contribution in [2.45, 2.75) is 38.6 Å². The van der Waals surface area contributed by atoms with E-state index in [9.17, 15) is 4.79 Å². The van der Waals surface area contributed by atoms with E-state index in [0.717, 1.165) is 56.8 Å². The van der Waals surface area contributed by atoms with Crippen molar-refractivity contribution in [2.24, 2.45) is 0 Å². The minimum atomic E-state index is -0.833. The summed E-state index contributed by atoms with van der Waals surface area (Å²) in [5.41, 5.74) is 4.36. The van der Waals surface area contributed by atoms with E-state index in [0.29, 0.717) is 6.54 Å². The lowest BCUT2D eigenvalue weighted by Gasteiger charge is -2.41.